The first-order valence-electron chi connectivity index (χ1n) is 6.86. The van der Waals surface area contributed by atoms with Crippen LogP contribution < -0.4 is 10.4 Å². The molecule has 2 bridgehead atoms. The van der Waals surface area contributed by atoms with Gasteiger partial charge in [0.15, 0.2) is 0 Å². The molecular formula is C14H18NO3-. The summed E-state index contributed by atoms with van der Waals surface area (Å²) in [4.78, 5) is 23.5. The minimum atomic E-state index is -1.07. The Kier molecular flexibility index (Phi) is 2.88. The number of fused-ring (bicyclic) bond motifs is 2. The highest BCUT2D eigenvalue weighted by Gasteiger charge is 2.48. The number of carbonyl (C=O) groups excluding carboxylic acids is 2. The van der Waals surface area contributed by atoms with E-state index >= 15 is 0 Å². The van der Waals surface area contributed by atoms with E-state index in [9.17, 15) is 14.7 Å². The van der Waals surface area contributed by atoms with E-state index in [1.54, 1.807) is 0 Å². The van der Waals surface area contributed by atoms with Gasteiger partial charge in [-0.15, -0.1) is 0 Å². The molecule has 0 saturated heterocycles. The number of rotatable bonds is 3. The Labute approximate surface area is 106 Å². The van der Waals surface area contributed by atoms with Crippen molar-refractivity contribution in [2.75, 3.05) is 0 Å². The van der Waals surface area contributed by atoms with Gasteiger partial charge >= 0.3 is 0 Å². The number of allylic oxidation sites excluding steroid dienone is 2. The summed E-state index contributed by atoms with van der Waals surface area (Å²) in [7, 11) is 0. The Morgan fingerprint density at radius 2 is 1.67 bits per heavy atom. The van der Waals surface area contributed by atoms with Gasteiger partial charge in [0.2, 0.25) is 5.91 Å². The first-order chi connectivity index (χ1) is 8.66. The third kappa shape index (κ3) is 1.84. The van der Waals surface area contributed by atoms with Crippen molar-refractivity contribution in [2.45, 2.75) is 38.1 Å². The molecule has 4 heteroatoms. The minimum absolute atomic E-state index is 0.000622. The van der Waals surface area contributed by atoms with E-state index in [-0.39, 0.29) is 23.8 Å². The molecule has 3 aliphatic carbocycles. The van der Waals surface area contributed by atoms with Gasteiger partial charge in [-0.25, -0.2) is 0 Å². The minimum Gasteiger partial charge on any atom is -0.550 e. The monoisotopic (exact) mass is 248 g/mol. The van der Waals surface area contributed by atoms with E-state index in [2.05, 4.69) is 5.32 Å². The first-order valence-corrected chi connectivity index (χ1v) is 6.86. The van der Waals surface area contributed by atoms with Gasteiger partial charge < -0.3 is 15.2 Å². The maximum Gasteiger partial charge on any atom is 0.224 e. The van der Waals surface area contributed by atoms with Gasteiger partial charge in [-0.1, -0.05) is 25.0 Å². The molecule has 0 radical (unpaired) electrons. The zero-order chi connectivity index (χ0) is 12.7. The molecule has 18 heavy (non-hydrogen) atoms. The molecule has 0 unspecified atom stereocenters. The maximum atomic E-state index is 12.3. The van der Waals surface area contributed by atoms with E-state index < -0.39 is 17.8 Å². The van der Waals surface area contributed by atoms with Crippen molar-refractivity contribution in [2.24, 2.45) is 23.7 Å². The fraction of sp³-hybridized carbons (Fsp3) is 0.714. The first kappa shape index (κ1) is 11.8. The normalized spacial score (nSPS) is 38.2. The Bertz CT molecular complexity index is 398. The molecule has 98 valence electrons. The second-order valence-electron chi connectivity index (χ2n) is 5.81. The number of hydrogen-bond acceptors (Lipinski definition) is 3. The lowest BCUT2D eigenvalue weighted by atomic mass is 9.82. The molecule has 0 aliphatic heterocycles. The lowest BCUT2D eigenvalue weighted by molar-refractivity contribution is -0.313. The second-order valence-corrected chi connectivity index (χ2v) is 5.81. The Morgan fingerprint density at radius 3 is 2.28 bits per heavy atom. The van der Waals surface area contributed by atoms with Crippen LogP contribution in [0.3, 0.4) is 0 Å². The average molecular weight is 248 g/mol. The summed E-state index contributed by atoms with van der Waals surface area (Å²) in [6, 6.07) is 0.253. The molecule has 2 saturated carbocycles. The van der Waals surface area contributed by atoms with Crippen molar-refractivity contribution < 1.29 is 14.7 Å². The number of hydrogen-bond donors (Lipinski definition) is 1. The van der Waals surface area contributed by atoms with Crippen LogP contribution in [0.25, 0.3) is 0 Å². The van der Waals surface area contributed by atoms with Gasteiger partial charge in [0.05, 0.1) is 5.92 Å². The Hall–Kier alpha value is -1.32. The largest absolute Gasteiger partial charge is 0.550 e. The van der Waals surface area contributed by atoms with Crippen LogP contribution in [-0.2, 0) is 9.59 Å². The fourth-order valence-corrected chi connectivity index (χ4v) is 3.87. The molecular weight excluding hydrogens is 230 g/mol. The molecule has 4 atom stereocenters. The number of carboxylic acid groups (broad SMARTS) is 1. The standard InChI is InChI=1S/C14H19NO3/c16-13(15-10-3-1-2-4-10)11-8-5-6-9(7-8)12(11)14(17)18/h5-6,8-12H,1-4,7H2,(H,15,16)(H,17,18)/p-1/t8-,9-,11-,12-/m0/s1. The van der Waals surface area contributed by atoms with Crippen molar-refractivity contribution in [3.05, 3.63) is 12.2 Å². The zero-order valence-corrected chi connectivity index (χ0v) is 10.3. The summed E-state index contributed by atoms with van der Waals surface area (Å²) in [6.45, 7) is 0. The lowest BCUT2D eigenvalue weighted by Gasteiger charge is -2.29. The molecule has 2 fully saturated rings. The van der Waals surface area contributed by atoms with Gasteiger partial charge in [0, 0.05) is 17.9 Å². The van der Waals surface area contributed by atoms with E-state index in [0.29, 0.717) is 0 Å². The third-order valence-electron chi connectivity index (χ3n) is 4.74. The molecule has 0 heterocycles. The van der Waals surface area contributed by atoms with E-state index in [4.69, 9.17) is 0 Å². The number of carboxylic acids is 1. The van der Waals surface area contributed by atoms with E-state index in [1.165, 1.54) is 0 Å². The third-order valence-corrected chi connectivity index (χ3v) is 4.74. The summed E-state index contributed by atoms with van der Waals surface area (Å²) in [5.74, 6) is -2.09. The highest BCUT2D eigenvalue weighted by molar-refractivity contribution is 5.86. The van der Waals surface area contributed by atoms with Crippen molar-refractivity contribution in [3.8, 4) is 0 Å². The molecule has 0 aromatic carbocycles. The van der Waals surface area contributed by atoms with Crippen molar-refractivity contribution in [1.82, 2.24) is 5.32 Å². The number of carbonyl (C=O) groups is 2. The summed E-state index contributed by atoms with van der Waals surface area (Å²) in [5, 5.41) is 14.2. The lowest BCUT2D eigenvalue weighted by Crippen LogP contribution is -2.46. The summed E-state index contributed by atoms with van der Waals surface area (Å²) in [5.41, 5.74) is 0. The van der Waals surface area contributed by atoms with Crippen LogP contribution in [-0.4, -0.2) is 17.9 Å². The Balaban J connectivity index is 1.71. The number of nitrogens with one attached hydrogen (secondary N) is 1. The second kappa shape index (κ2) is 4.41. The molecule has 0 aromatic heterocycles. The van der Waals surface area contributed by atoms with Crippen molar-refractivity contribution >= 4 is 11.9 Å². The number of amides is 1. The van der Waals surface area contributed by atoms with Crippen LogP contribution in [0.2, 0.25) is 0 Å². The van der Waals surface area contributed by atoms with Crippen LogP contribution >= 0.6 is 0 Å². The molecule has 3 rings (SSSR count). The van der Waals surface area contributed by atoms with E-state index in [0.717, 1.165) is 32.1 Å². The average Bonchev–Trinajstić information content (AvgIpc) is 3.03. The van der Waals surface area contributed by atoms with E-state index in [1.807, 2.05) is 12.2 Å². The van der Waals surface area contributed by atoms with Crippen molar-refractivity contribution in [3.63, 3.8) is 0 Å². The van der Waals surface area contributed by atoms with Gasteiger partial charge in [0.1, 0.15) is 0 Å². The zero-order valence-electron chi connectivity index (χ0n) is 10.3. The molecule has 3 aliphatic rings. The van der Waals surface area contributed by atoms with Gasteiger partial charge in [-0.2, -0.15) is 0 Å². The smallest absolute Gasteiger partial charge is 0.224 e. The molecule has 0 spiro atoms. The van der Waals surface area contributed by atoms with Gasteiger partial charge in [-0.3, -0.25) is 4.79 Å². The summed E-state index contributed by atoms with van der Waals surface area (Å²) in [6.07, 6.45) is 9.10. The molecule has 4 nitrogen and oxygen atoms in total. The van der Waals surface area contributed by atoms with Gasteiger partial charge in [-0.05, 0) is 31.1 Å². The van der Waals surface area contributed by atoms with Crippen LogP contribution in [0.4, 0.5) is 0 Å². The van der Waals surface area contributed by atoms with Crippen LogP contribution in [0.15, 0.2) is 12.2 Å². The van der Waals surface area contributed by atoms with Crippen molar-refractivity contribution in [1.29, 1.82) is 0 Å². The predicted molar refractivity (Wildman–Crippen MR) is 63.1 cm³/mol. The quantitative estimate of drug-likeness (QED) is 0.727. The molecule has 1 N–H and O–H groups in total. The van der Waals surface area contributed by atoms with Gasteiger partial charge in [0.25, 0.3) is 0 Å². The highest BCUT2D eigenvalue weighted by atomic mass is 16.4. The highest BCUT2D eigenvalue weighted by Crippen LogP contribution is 2.47. The topological polar surface area (TPSA) is 69.2 Å². The summed E-state index contributed by atoms with van der Waals surface area (Å²) >= 11 is 0. The van der Waals surface area contributed by atoms with Crippen LogP contribution in [0.1, 0.15) is 32.1 Å². The summed E-state index contributed by atoms with van der Waals surface area (Å²) < 4.78 is 0. The Morgan fingerprint density at radius 1 is 1.06 bits per heavy atom. The fourth-order valence-electron chi connectivity index (χ4n) is 3.87. The maximum absolute atomic E-state index is 12.3. The molecule has 1 amide bonds. The SMILES string of the molecule is O=C([O-])[C@@H]1[C@@H](C(=O)NC2CCCC2)[C@H]2C=C[C@H]1C2. The predicted octanol–water partition coefficient (Wildman–Crippen LogP) is 0.233. The number of aliphatic carboxylic acids is 1. The van der Waals surface area contributed by atoms with Crippen LogP contribution in [0, 0.1) is 23.7 Å². The molecule has 0 aromatic rings. The van der Waals surface area contributed by atoms with Crippen LogP contribution in [0.5, 0.6) is 0 Å².